The summed E-state index contributed by atoms with van der Waals surface area (Å²) in [5.41, 5.74) is 0.329. The largest absolute Gasteiger partial charge is 0.416 e. The number of benzene rings is 2. The highest BCUT2D eigenvalue weighted by atomic mass is 19.4. The number of nitrogens with one attached hydrogen (secondary N) is 2. The van der Waals surface area contributed by atoms with Crippen LogP contribution in [0, 0.1) is 6.92 Å². The van der Waals surface area contributed by atoms with E-state index >= 15 is 0 Å². The molecule has 1 aromatic heterocycles. The van der Waals surface area contributed by atoms with E-state index in [4.69, 9.17) is 0 Å². The summed E-state index contributed by atoms with van der Waals surface area (Å²) in [6, 6.07) is 12.2. The SMILES string of the molecule is Cc1cnn(-c2ccccc2)c1NC(=O)C(C)NC(=O)c1cccc(C(F)(F)F)c1. The first-order valence-electron chi connectivity index (χ1n) is 9.06. The minimum Gasteiger partial charge on any atom is -0.341 e. The van der Waals surface area contributed by atoms with Gasteiger partial charge >= 0.3 is 6.18 Å². The molecule has 0 saturated heterocycles. The van der Waals surface area contributed by atoms with E-state index in [0.29, 0.717) is 11.4 Å². The Balaban J connectivity index is 1.72. The van der Waals surface area contributed by atoms with Gasteiger partial charge in [-0.2, -0.15) is 18.3 Å². The Kier molecular flexibility index (Phi) is 5.91. The van der Waals surface area contributed by atoms with Crippen molar-refractivity contribution >= 4 is 17.6 Å². The molecule has 9 heteroatoms. The van der Waals surface area contributed by atoms with Crippen LogP contribution < -0.4 is 10.6 Å². The van der Waals surface area contributed by atoms with E-state index in [1.165, 1.54) is 13.0 Å². The molecule has 3 aromatic rings. The quantitative estimate of drug-likeness (QED) is 0.661. The Hall–Kier alpha value is -3.62. The van der Waals surface area contributed by atoms with Crippen molar-refractivity contribution in [3.63, 3.8) is 0 Å². The van der Waals surface area contributed by atoms with Crippen molar-refractivity contribution in [3.8, 4) is 5.69 Å². The maximum absolute atomic E-state index is 12.8. The summed E-state index contributed by atoms with van der Waals surface area (Å²) in [6.07, 6.45) is -2.97. The Labute approximate surface area is 170 Å². The van der Waals surface area contributed by atoms with Crippen molar-refractivity contribution in [2.24, 2.45) is 0 Å². The minimum atomic E-state index is -4.56. The van der Waals surface area contributed by atoms with Gasteiger partial charge in [-0.05, 0) is 44.2 Å². The highest BCUT2D eigenvalue weighted by Gasteiger charge is 2.31. The number of hydrogen-bond donors (Lipinski definition) is 2. The van der Waals surface area contributed by atoms with Gasteiger partial charge in [-0.1, -0.05) is 24.3 Å². The van der Waals surface area contributed by atoms with Crippen LogP contribution in [0.3, 0.4) is 0 Å². The third kappa shape index (κ3) is 4.68. The number of aromatic nitrogens is 2. The molecule has 1 unspecified atom stereocenters. The van der Waals surface area contributed by atoms with Crippen LogP contribution in [-0.2, 0) is 11.0 Å². The van der Waals surface area contributed by atoms with Gasteiger partial charge in [0.05, 0.1) is 17.4 Å². The van der Waals surface area contributed by atoms with Crippen molar-refractivity contribution in [3.05, 3.63) is 77.5 Å². The molecule has 6 nitrogen and oxygen atoms in total. The van der Waals surface area contributed by atoms with Gasteiger partial charge in [0.2, 0.25) is 5.91 Å². The third-order valence-electron chi connectivity index (χ3n) is 4.39. The van der Waals surface area contributed by atoms with Gasteiger partial charge in [0.25, 0.3) is 5.91 Å². The monoisotopic (exact) mass is 416 g/mol. The molecule has 0 radical (unpaired) electrons. The van der Waals surface area contributed by atoms with Gasteiger partial charge in [0.1, 0.15) is 11.9 Å². The highest BCUT2D eigenvalue weighted by Crippen LogP contribution is 2.29. The molecular formula is C21H19F3N4O2. The molecule has 0 saturated carbocycles. The predicted octanol–water partition coefficient (Wildman–Crippen LogP) is 3.96. The second-order valence-corrected chi connectivity index (χ2v) is 6.69. The number of amides is 2. The Morgan fingerprint density at radius 2 is 1.77 bits per heavy atom. The standard InChI is InChI=1S/C21H19F3N4O2/c1-13-12-25-28(17-9-4-3-5-10-17)18(13)27-19(29)14(2)26-20(30)15-7-6-8-16(11-15)21(22,23)24/h3-12,14H,1-2H3,(H,26,30)(H,27,29). The van der Waals surface area contributed by atoms with Crippen LogP contribution in [0.1, 0.15) is 28.4 Å². The van der Waals surface area contributed by atoms with Gasteiger partial charge in [-0.15, -0.1) is 0 Å². The topological polar surface area (TPSA) is 76.0 Å². The smallest absolute Gasteiger partial charge is 0.341 e. The average molecular weight is 416 g/mol. The van der Waals surface area contributed by atoms with E-state index in [0.717, 1.165) is 23.9 Å². The molecule has 0 bridgehead atoms. The van der Waals surface area contributed by atoms with E-state index < -0.39 is 29.6 Å². The first-order valence-corrected chi connectivity index (χ1v) is 9.06. The molecule has 1 heterocycles. The molecule has 3 rings (SSSR count). The zero-order chi connectivity index (χ0) is 21.9. The van der Waals surface area contributed by atoms with Gasteiger partial charge in [0, 0.05) is 11.1 Å². The molecule has 0 aliphatic heterocycles. The van der Waals surface area contributed by atoms with Crippen LogP contribution in [0.25, 0.3) is 5.69 Å². The van der Waals surface area contributed by atoms with Gasteiger partial charge in [0.15, 0.2) is 0 Å². The Morgan fingerprint density at radius 3 is 2.43 bits per heavy atom. The molecule has 156 valence electrons. The Morgan fingerprint density at radius 1 is 1.07 bits per heavy atom. The van der Waals surface area contributed by atoms with Crippen molar-refractivity contribution < 1.29 is 22.8 Å². The lowest BCUT2D eigenvalue weighted by Crippen LogP contribution is -2.42. The lowest BCUT2D eigenvalue weighted by molar-refractivity contribution is -0.137. The van der Waals surface area contributed by atoms with Crippen LogP contribution in [0.5, 0.6) is 0 Å². The van der Waals surface area contributed by atoms with E-state index in [-0.39, 0.29) is 5.56 Å². The molecular weight excluding hydrogens is 397 g/mol. The zero-order valence-electron chi connectivity index (χ0n) is 16.2. The van der Waals surface area contributed by atoms with E-state index in [1.807, 2.05) is 30.3 Å². The minimum absolute atomic E-state index is 0.185. The predicted molar refractivity (Wildman–Crippen MR) is 105 cm³/mol. The number of hydrogen-bond acceptors (Lipinski definition) is 3. The van der Waals surface area contributed by atoms with Crippen LogP contribution in [-0.4, -0.2) is 27.6 Å². The normalized spacial score (nSPS) is 12.3. The summed E-state index contributed by atoms with van der Waals surface area (Å²) < 4.78 is 40.1. The second-order valence-electron chi connectivity index (χ2n) is 6.69. The Bertz CT molecular complexity index is 1060. The van der Waals surface area contributed by atoms with Crippen LogP contribution in [0.4, 0.5) is 19.0 Å². The van der Waals surface area contributed by atoms with E-state index in [9.17, 15) is 22.8 Å². The number of alkyl halides is 3. The first-order chi connectivity index (χ1) is 14.2. The fraction of sp³-hybridized carbons (Fsp3) is 0.190. The lowest BCUT2D eigenvalue weighted by atomic mass is 10.1. The number of nitrogens with zero attached hydrogens (tertiary/aromatic N) is 2. The molecule has 2 aromatic carbocycles. The van der Waals surface area contributed by atoms with E-state index in [1.54, 1.807) is 17.8 Å². The summed E-state index contributed by atoms with van der Waals surface area (Å²) >= 11 is 0. The van der Waals surface area contributed by atoms with Gasteiger partial charge < -0.3 is 10.6 Å². The molecule has 2 amide bonds. The fourth-order valence-electron chi connectivity index (χ4n) is 2.75. The molecule has 0 aliphatic rings. The third-order valence-corrected chi connectivity index (χ3v) is 4.39. The fourth-order valence-corrected chi connectivity index (χ4v) is 2.75. The van der Waals surface area contributed by atoms with Crippen molar-refractivity contribution in [1.29, 1.82) is 0 Å². The highest BCUT2D eigenvalue weighted by molar-refractivity contribution is 6.01. The maximum Gasteiger partial charge on any atom is 0.416 e. The molecule has 0 aliphatic carbocycles. The van der Waals surface area contributed by atoms with Gasteiger partial charge in [-0.3, -0.25) is 9.59 Å². The summed E-state index contributed by atoms with van der Waals surface area (Å²) in [5, 5.41) is 9.38. The number of rotatable bonds is 5. The summed E-state index contributed by atoms with van der Waals surface area (Å²) in [5.74, 6) is -0.875. The molecule has 2 N–H and O–H groups in total. The number of carbonyl (C=O) groups excluding carboxylic acids is 2. The summed E-state index contributed by atoms with van der Waals surface area (Å²) in [4.78, 5) is 24.9. The zero-order valence-corrected chi connectivity index (χ0v) is 16.2. The summed E-state index contributed by atoms with van der Waals surface area (Å²) in [6.45, 7) is 3.22. The van der Waals surface area contributed by atoms with E-state index in [2.05, 4.69) is 15.7 Å². The molecule has 0 spiro atoms. The molecule has 1 atom stereocenters. The molecule has 30 heavy (non-hydrogen) atoms. The second kappa shape index (κ2) is 8.40. The first kappa shape index (κ1) is 21.1. The maximum atomic E-state index is 12.8. The van der Waals surface area contributed by atoms with Gasteiger partial charge in [-0.25, -0.2) is 4.68 Å². The van der Waals surface area contributed by atoms with Crippen molar-refractivity contribution in [1.82, 2.24) is 15.1 Å². The number of carbonyl (C=O) groups is 2. The average Bonchev–Trinajstić information content (AvgIpc) is 3.08. The van der Waals surface area contributed by atoms with Crippen molar-refractivity contribution in [2.75, 3.05) is 5.32 Å². The van der Waals surface area contributed by atoms with Crippen LogP contribution >= 0.6 is 0 Å². The summed E-state index contributed by atoms with van der Waals surface area (Å²) in [7, 11) is 0. The number of halogens is 3. The number of aryl methyl sites for hydroxylation is 1. The van der Waals surface area contributed by atoms with Crippen molar-refractivity contribution in [2.45, 2.75) is 26.1 Å². The number of anilines is 1. The molecule has 0 fully saturated rings. The number of para-hydroxylation sites is 1. The van der Waals surface area contributed by atoms with Crippen LogP contribution in [0.2, 0.25) is 0 Å². The lowest BCUT2D eigenvalue weighted by Gasteiger charge is -2.16. The van der Waals surface area contributed by atoms with Crippen LogP contribution in [0.15, 0.2) is 60.8 Å².